The Balaban J connectivity index is 2.14. The van der Waals surface area contributed by atoms with Crippen LogP contribution in [0, 0.1) is 0 Å². The number of aliphatic hydroxyl groups is 2. The minimum absolute atomic E-state index is 0.0518. The molecule has 0 bridgehead atoms. The first-order valence-electron chi connectivity index (χ1n) is 7.02. The van der Waals surface area contributed by atoms with E-state index < -0.39 is 18.0 Å². The smallest absolute Gasteiger partial charge is 0.407 e. The van der Waals surface area contributed by atoms with Crippen molar-refractivity contribution in [3.05, 3.63) is 23.2 Å². The highest BCUT2D eigenvalue weighted by Gasteiger charge is 2.18. The van der Waals surface area contributed by atoms with Gasteiger partial charge >= 0.3 is 6.09 Å². The lowest BCUT2D eigenvalue weighted by Crippen LogP contribution is -2.34. The van der Waals surface area contributed by atoms with Gasteiger partial charge in [-0.05, 0) is 38.4 Å². The van der Waals surface area contributed by atoms with E-state index in [4.69, 9.17) is 16.3 Å². The van der Waals surface area contributed by atoms with Crippen LogP contribution in [-0.4, -0.2) is 43.0 Å². The van der Waals surface area contributed by atoms with Crippen molar-refractivity contribution < 1.29 is 19.7 Å². The summed E-state index contributed by atoms with van der Waals surface area (Å²) in [5, 5.41) is 22.2. The maximum atomic E-state index is 11.6. The summed E-state index contributed by atoms with van der Waals surface area (Å²) in [6.07, 6.45) is -0.730. The van der Waals surface area contributed by atoms with E-state index in [1.165, 1.54) is 6.20 Å². The highest BCUT2D eigenvalue weighted by atomic mass is 35.5. The number of aliphatic hydroxyl groups excluding tert-OH is 1. The number of fused-ring (bicyclic) bond motifs is 1. The molecule has 0 radical (unpaired) electrons. The van der Waals surface area contributed by atoms with Crippen LogP contribution < -0.4 is 5.32 Å². The summed E-state index contributed by atoms with van der Waals surface area (Å²) >= 11 is 5.79. The molecule has 0 atom stereocenters. The standard InChI is InChI=1S/C14H19ClN4O4/c1-14(2,3)23-13(22)16-4-5-19-9(11(20)21)6-8-7-17-12(15)18-10(8)19/h6-7,11,20-21H,4-5H2,1-3H3,(H,16,22). The number of aromatic nitrogens is 3. The number of hydrogen-bond acceptors (Lipinski definition) is 6. The number of ether oxygens (including phenoxy) is 1. The summed E-state index contributed by atoms with van der Waals surface area (Å²) in [6.45, 7) is 5.80. The molecule has 0 saturated heterocycles. The van der Waals surface area contributed by atoms with E-state index in [1.807, 2.05) is 0 Å². The highest BCUT2D eigenvalue weighted by Crippen LogP contribution is 2.22. The number of nitrogens with one attached hydrogen (secondary N) is 1. The number of hydrogen-bond donors (Lipinski definition) is 3. The van der Waals surface area contributed by atoms with Crippen molar-refractivity contribution in [3.8, 4) is 0 Å². The molecule has 0 unspecified atom stereocenters. The number of rotatable bonds is 4. The lowest BCUT2D eigenvalue weighted by atomic mass is 10.2. The SMILES string of the molecule is CC(C)(C)OC(=O)NCCn1c(C(O)O)cc2cnc(Cl)nc21. The van der Waals surface area contributed by atoms with E-state index in [0.717, 1.165) is 0 Å². The second-order valence-electron chi connectivity index (χ2n) is 5.94. The van der Waals surface area contributed by atoms with E-state index in [2.05, 4.69) is 15.3 Å². The Morgan fingerprint density at radius 1 is 1.48 bits per heavy atom. The average molecular weight is 343 g/mol. The van der Waals surface area contributed by atoms with Gasteiger partial charge in [0.2, 0.25) is 5.28 Å². The number of alkyl carbamates (subject to hydrolysis) is 1. The van der Waals surface area contributed by atoms with Gasteiger partial charge in [0.1, 0.15) is 11.2 Å². The topological polar surface area (TPSA) is 110 Å². The number of amides is 1. The van der Waals surface area contributed by atoms with Crippen molar-refractivity contribution in [3.63, 3.8) is 0 Å². The molecule has 0 aromatic carbocycles. The number of carbonyl (C=O) groups is 1. The molecule has 0 fully saturated rings. The van der Waals surface area contributed by atoms with Gasteiger partial charge in [0.15, 0.2) is 6.29 Å². The summed E-state index contributed by atoms with van der Waals surface area (Å²) in [6, 6.07) is 1.56. The largest absolute Gasteiger partial charge is 0.444 e. The maximum Gasteiger partial charge on any atom is 0.407 e. The third-order valence-corrected chi connectivity index (χ3v) is 3.09. The molecule has 0 aliphatic carbocycles. The predicted molar refractivity (Wildman–Crippen MR) is 84.0 cm³/mol. The van der Waals surface area contributed by atoms with Crippen LogP contribution in [0.1, 0.15) is 32.8 Å². The Bertz CT molecular complexity index is 709. The molecule has 9 heteroatoms. The maximum absolute atomic E-state index is 11.6. The predicted octanol–water partition coefficient (Wildman–Crippen LogP) is 1.59. The fourth-order valence-corrected chi connectivity index (χ4v) is 2.20. The van der Waals surface area contributed by atoms with Crippen LogP contribution in [0.3, 0.4) is 0 Å². The van der Waals surface area contributed by atoms with Gasteiger partial charge in [0.25, 0.3) is 0 Å². The molecule has 2 heterocycles. The van der Waals surface area contributed by atoms with E-state index in [1.54, 1.807) is 31.4 Å². The molecule has 0 aliphatic rings. The van der Waals surface area contributed by atoms with Crippen molar-refractivity contribution in [1.82, 2.24) is 19.9 Å². The Morgan fingerprint density at radius 3 is 2.78 bits per heavy atom. The van der Waals surface area contributed by atoms with Crippen LogP contribution in [-0.2, 0) is 11.3 Å². The van der Waals surface area contributed by atoms with Crippen molar-refractivity contribution in [1.29, 1.82) is 0 Å². The van der Waals surface area contributed by atoms with Gasteiger partial charge in [-0.15, -0.1) is 0 Å². The molecule has 0 saturated carbocycles. The highest BCUT2D eigenvalue weighted by molar-refractivity contribution is 6.28. The second kappa shape index (κ2) is 6.69. The minimum Gasteiger partial charge on any atom is -0.444 e. The van der Waals surface area contributed by atoms with Gasteiger partial charge in [-0.2, -0.15) is 4.98 Å². The Kier molecular flexibility index (Phi) is 5.08. The zero-order chi connectivity index (χ0) is 17.2. The van der Waals surface area contributed by atoms with E-state index in [0.29, 0.717) is 11.0 Å². The molecular formula is C14H19ClN4O4. The Labute approximate surface area is 138 Å². The molecule has 2 aromatic heterocycles. The van der Waals surface area contributed by atoms with Gasteiger partial charge in [-0.3, -0.25) is 0 Å². The van der Waals surface area contributed by atoms with Crippen LogP contribution >= 0.6 is 11.6 Å². The quantitative estimate of drug-likeness (QED) is 0.575. The van der Waals surface area contributed by atoms with Gasteiger partial charge in [-0.1, -0.05) is 0 Å². The first kappa shape index (κ1) is 17.5. The molecule has 1 amide bonds. The average Bonchev–Trinajstić information content (AvgIpc) is 2.75. The summed E-state index contributed by atoms with van der Waals surface area (Å²) < 4.78 is 6.70. The minimum atomic E-state index is -1.68. The van der Waals surface area contributed by atoms with Gasteiger partial charge in [0, 0.05) is 24.7 Å². The zero-order valence-electron chi connectivity index (χ0n) is 13.1. The zero-order valence-corrected chi connectivity index (χ0v) is 13.8. The summed E-state index contributed by atoms with van der Waals surface area (Å²) in [5.41, 5.74) is 0.110. The third kappa shape index (κ3) is 4.54. The van der Waals surface area contributed by atoms with Crippen LogP contribution in [0.25, 0.3) is 11.0 Å². The van der Waals surface area contributed by atoms with Crippen molar-refractivity contribution >= 4 is 28.7 Å². The van der Waals surface area contributed by atoms with E-state index >= 15 is 0 Å². The van der Waals surface area contributed by atoms with Crippen LogP contribution in [0.5, 0.6) is 0 Å². The lowest BCUT2D eigenvalue weighted by molar-refractivity contribution is -0.0480. The number of nitrogens with zero attached hydrogens (tertiary/aromatic N) is 3. The second-order valence-corrected chi connectivity index (χ2v) is 6.28. The van der Waals surface area contributed by atoms with Crippen LogP contribution in [0.15, 0.2) is 12.3 Å². The molecule has 2 aromatic rings. The van der Waals surface area contributed by atoms with Gasteiger partial charge in [-0.25, -0.2) is 9.78 Å². The molecule has 8 nitrogen and oxygen atoms in total. The molecule has 3 N–H and O–H groups in total. The van der Waals surface area contributed by atoms with Crippen LogP contribution in [0.2, 0.25) is 5.28 Å². The summed E-state index contributed by atoms with van der Waals surface area (Å²) in [4.78, 5) is 19.6. The van der Waals surface area contributed by atoms with Crippen molar-refractivity contribution in [2.45, 2.75) is 39.2 Å². The summed E-state index contributed by atoms with van der Waals surface area (Å²) in [5.74, 6) is 0. The molecule has 0 spiro atoms. The van der Waals surface area contributed by atoms with Gasteiger partial charge in [0.05, 0.1) is 5.69 Å². The normalized spacial score (nSPS) is 12.0. The van der Waals surface area contributed by atoms with E-state index in [-0.39, 0.29) is 24.1 Å². The fourth-order valence-electron chi connectivity index (χ4n) is 2.07. The molecule has 23 heavy (non-hydrogen) atoms. The third-order valence-electron chi connectivity index (χ3n) is 2.91. The molecular weight excluding hydrogens is 324 g/mol. The monoisotopic (exact) mass is 342 g/mol. The molecule has 2 rings (SSSR count). The lowest BCUT2D eigenvalue weighted by Gasteiger charge is -2.20. The Morgan fingerprint density at radius 2 is 2.17 bits per heavy atom. The summed E-state index contributed by atoms with van der Waals surface area (Å²) in [7, 11) is 0. The van der Waals surface area contributed by atoms with Gasteiger partial charge < -0.3 is 24.8 Å². The van der Waals surface area contributed by atoms with E-state index in [9.17, 15) is 15.0 Å². The first-order valence-corrected chi connectivity index (χ1v) is 7.40. The Hall–Kier alpha value is -1.90. The van der Waals surface area contributed by atoms with Crippen molar-refractivity contribution in [2.75, 3.05) is 6.54 Å². The van der Waals surface area contributed by atoms with Crippen molar-refractivity contribution in [2.24, 2.45) is 0 Å². The number of carbonyl (C=O) groups excluding carboxylic acids is 1. The molecule has 126 valence electrons. The molecule has 0 aliphatic heterocycles. The fraction of sp³-hybridized carbons (Fsp3) is 0.500. The number of halogens is 1. The van der Waals surface area contributed by atoms with Crippen LogP contribution in [0.4, 0.5) is 4.79 Å². The first-order chi connectivity index (χ1) is 10.7.